The van der Waals surface area contributed by atoms with Gasteiger partial charge >= 0.3 is 0 Å². The largest absolute Gasteiger partial charge is 0.507 e. The molecule has 2 unspecified atom stereocenters. The van der Waals surface area contributed by atoms with Crippen LogP contribution in [0.3, 0.4) is 0 Å². The minimum atomic E-state index is -2.66. The molecule has 3 heteroatoms. The number of phenols is 2. The molecule has 0 saturated carbocycles. The van der Waals surface area contributed by atoms with E-state index < -0.39 is 30.7 Å². The molecule has 0 aromatic heterocycles. The molecule has 0 aliphatic heterocycles. The maximum absolute atomic E-state index is 10.7. The lowest BCUT2D eigenvalue weighted by Gasteiger charge is -2.38. The van der Waals surface area contributed by atoms with Gasteiger partial charge in [0.05, 0.1) is 5.60 Å². The van der Waals surface area contributed by atoms with Gasteiger partial charge in [-0.2, -0.15) is 0 Å². The molecule has 2 rings (SSSR count). The van der Waals surface area contributed by atoms with Crippen molar-refractivity contribution in [1.29, 1.82) is 0 Å². The average molecular weight is 338 g/mol. The summed E-state index contributed by atoms with van der Waals surface area (Å²) in [5.74, 6) is -1.90. The monoisotopic (exact) mass is 337 g/mol. The average Bonchev–Trinajstić information content (AvgIpc) is 2.53. The second-order valence-corrected chi connectivity index (χ2v) is 7.25. The molecule has 24 heavy (non-hydrogen) atoms. The standard InChI is InChI=1S/C21H32O3/c1-5-6-7-8-15-12-18(22)20(19(23)13-15)16-11-14(2)9-10-17(16)21(3,4)24/h11-13,16-17,22-24H,5-10H2,1-4H3/i2D3,9D2. The Morgan fingerprint density at radius 3 is 2.46 bits per heavy atom. The molecule has 0 saturated heterocycles. The second-order valence-electron chi connectivity index (χ2n) is 7.25. The maximum Gasteiger partial charge on any atom is 0.123 e. The smallest absolute Gasteiger partial charge is 0.123 e. The van der Waals surface area contributed by atoms with E-state index in [1.54, 1.807) is 12.1 Å². The van der Waals surface area contributed by atoms with Crippen LogP contribution in [0.25, 0.3) is 0 Å². The van der Waals surface area contributed by atoms with E-state index in [2.05, 4.69) is 6.92 Å². The quantitative estimate of drug-likeness (QED) is 0.503. The van der Waals surface area contributed by atoms with E-state index in [0.717, 1.165) is 24.8 Å². The Kier molecular flexibility index (Phi) is 4.06. The Bertz CT molecular complexity index is 740. The van der Waals surface area contributed by atoms with Crippen molar-refractivity contribution in [2.24, 2.45) is 5.92 Å². The first-order chi connectivity index (χ1) is 13.2. The van der Waals surface area contributed by atoms with E-state index in [0.29, 0.717) is 6.42 Å². The highest BCUT2D eigenvalue weighted by atomic mass is 16.3. The minimum absolute atomic E-state index is 0.133. The highest BCUT2D eigenvalue weighted by molar-refractivity contribution is 5.51. The lowest BCUT2D eigenvalue weighted by atomic mass is 9.69. The Morgan fingerprint density at radius 1 is 1.25 bits per heavy atom. The Balaban J connectivity index is 2.58. The number of hydrogen-bond donors (Lipinski definition) is 3. The van der Waals surface area contributed by atoms with Gasteiger partial charge in [-0.15, -0.1) is 0 Å². The van der Waals surface area contributed by atoms with Gasteiger partial charge in [0.25, 0.3) is 0 Å². The first kappa shape index (κ1) is 12.8. The SMILES string of the molecule is [2H]C([2H])([2H])C1=CC(c2c(O)cc(CCCCC)cc2O)C(C(C)(C)O)CC1([2H])[2H]. The van der Waals surface area contributed by atoms with Gasteiger partial charge in [-0.05, 0) is 69.9 Å². The molecule has 1 aliphatic rings. The summed E-state index contributed by atoms with van der Waals surface area (Å²) >= 11 is 0. The Labute approximate surface area is 153 Å². The molecule has 0 bridgehead atoms. The summed E-state index contributed by atoms with van der Waals surface area (Å²) in [5.41, 5.74) is -0.800. The third-order valence-electron chi connectivity index (χ3n) is 4.80. The molecule has 1 aromatic carbocycles. The van der Waals surface area contributed by atoms with Crippen LogP contribution in [0.4, 0.5) is 0 Å². The molecule has 0 radical (unpaired) electrons. The van der Waals surface area contributed by atoms with E-state index in [4.69, 9.17) is 6.85 Å². The summed E-state index contributed by atoms with van der Waals surface area (Å²) in [6.07, 6.45) is 2.62. The van der Waals surface area contributed by atoms with Crippen LogP contribution in [0.1, 0.15) is 83.6 Å². The molecular weight excluding hydrogens is 300 g/mol. The molecule has 134 valence electrons. The number of rotatable bonds is 6. The lowest BCUT2D eigenvalue weighted by molar-refractivity contribution is 0.00421. The summed E-state index contributed by atoms with van der Waals surface area (Å²) in [4.78, 5) is 0. The summed E-state index contributed by atoms with van der Waals surface area (Å²) in [7, 11) is 0. The van der Waals surface area contributed by atoms with Crippen molar-refractivity contribution < 1.29 is 22.2 Å². The normalized spacial score (nSPS) is 27.3. The Hall–Kier alpha value is -1.48. The van der Waals surface area contributed by atoms with Gasteiger partial charge in [-0.25, -0.2) is 0 Å². The van der Waals surface area contributed by atoms with Crippen LogP contribution in [0.2, 0.25) is 0 Å². The number of allylic oxidation sites excluding steroid dienone is 2. The summed E-state index contributed by atoms with van der Waals surface area (Å²) in [6.45, 7) is 2.49. The molecule has 1 aliphatic carbocycles. The number of aromatic hydroxyl groups is 2. The third-order valence-corrected chi connectivity index (χ3v) is 4.80. The van der Waals surface area contributed by atoms with E-state index in [9.17, 15) is 15.3 Å². The van der Waals surface area contributed by atoms with Gasteiger partial charge in [0, 0.05) is 18.3 Å². The topological polar surface area (TPSA) is 60.7 Å². The lowest BCUT2D eigenvalue weighted by Crippen LogP contribution is -2.36. The van der Waals surface area contributed by atoms with Gasteiger partial charge in [-0.3, -0.25) is 0 Å². The van der Waals surface area contributed by atoms with Crippen LogP contribution in [-0.2, 0) is 6.42 Å². The molecule has 0 heterocycles. The number of benzene rings is 1. The molecule has 3 nitrogen and oxygen atoms in total. The zero-order chi connectivity index (χ0) is 22.2. The van der Waals surface area contributed by atoms with Crippen molar-refractivity contribution in [2.45, 2.75) is 77.6 Å². The Morgan fingerprint density at radius 2 is 1.92 bits per heavy atom. The molecule has 2 atom stereocenters. The van der Waals surface area contributed by atoms with Crippen molar-refractivity contribution in [2.75, 3.05) is 0 Å². The predicted octanol–water partition coefficient (Wildman–Crippen LogP) is 5.04. The fourth-order valence-corrected chi connectivity index (χ4v) is 3.42. The van der Waals surface area contributed by atoms with E-state index in [-0.39, 0.29) is 29.1 Å². The van der Waals surface area contributed by atoms with Crippen molar-refractivity contribution in [3.8, 4) is 11.5 Å². The molecule has 0 amide bonds. The van der Waals surface area contributed by atoms with Crippen LogP contribution in [0, 0.1) is 5.92 Å². The number of aryl methyl sites for hydroxylation is 1. The highest BCUT2D eigenvalue weighted by Crippen LogP contribution is 2.47. The fourth-order valence-electron chi connectivity index (χ4n) is 3.42. The van der Waals surface area contributed by atoms with E-state index in [1.165, 1.54) is 19.9 Å². The van der Waals surface area contributed by atoms with Crippen molar-refractivity contribution in [1.82, 2.24) is 0 Å². The fraction of sp³-hybridized carbons (Fsp3) is 0.619. The molecule has 0 spiro atoms. The van der Waals surface area contributed by atoms with Crippen LogP contribution < -0.4 is 0 Å². The summed E-state index contributed by atoms with van der Waals surface area (Å²) < 4.78 is 39.7. The molecule has 0 fully saturated rings. The first-order valence-corrected chi connectivity index (χ1v) is 8.68. The zero-order valence-electron chi connectivity index (χ0n) is 19.8. The number of unbranched alkanes of at least 4 members (excludes halogenated alkanes) is 2. The molecule has 3 N–H and O–H groups in total. The number of aliphatic hydroxyl groups is 1. The van der Waals surface area contributed by atoms with E-state index >= 15 is 0 Å². The second kappa shape index (κ2) is 7.60. The van der Waals surface area contributed by atoms with Gasteiger partial charge in [0.1, 0.15) is 11.5 Å². The number of hydrogen-bond acceptors (Lipinski definition) is 3. The summed E-state index contributed by atoms with van der Waals surface area (Å²) in [6, 6.07) is 3.14. The van der Waals surface area contributed by atoms with E-state index in [1.807, 2.05) is 0 Å². The van der Waals surface area contributed by atoms with Gasteiger partial charge < -0.3 is 15.3 Å². The first-order valence-electron chi connectivity index (χ1n) is 11.2. The van der Waals surface area contributed by atoms with Crippen LogP contribution in [0.5, 0.6) is 11.5 Å². The van der Waals surface area contributed by atoms with Crippen LogP contribution in [0.15, 0.2) is 23.8 Å². The third kappa shape index (κ3) is 4.32. The van der Waals surface area contributed by atoms with Gasteiger partial charge in [0.2, 0.25) is 0 Å². The molecule has 1 aromatic rings. The molecular formula is C21H32O3. The summed E-state index contributed by atoms with van der Waals surface area (Å²) in [5, 5.41) is 32.0. The van der Waals surface area contributed by atoms with Crippen molar-refractivity contribution in [3.05, 3.63) is 34.9 Å². The number of phenolic OH excluding ortho intramolecular Hbond substituents is 2. The van der Waals surface area contributed by atoms with Crippen LogP contribution >= 0.6 is 0 Å². The maximum atomic E-state index is 10.7. The zero-order valence-corrected chi connectivity index (χ0v) is 14.8. The van der Waals surface area contributed by atoms with Gasteiger partial charge in [-0.1, -0.05) is 31.4 Å². The highest BCUT2D eigenvalue weighted by Gasteiger charge is 2.38. The van der Waals surface area contributed by atoms with Crippen molar-refractivity contribution in [3.63, 3.8) is 0 Å². The van der Waals surface area contributed by atoms with Gasteiger partial charge in [0.15, 0.2) is 0 Å². The van der Waals surface area contributed by atoms with Crippen LogP contribution in [-0.4, -0.2) is 20.9 Å². The minimum Gasteiger partial charge on any atom is -0.507 e. The predicted molar refractivity (Wildman–Crippen MR) is 98.5 cm³/mol. The van der Waals surface area contributed by atoms with Crippen molar-refractivity contribution >= 4 is 0 Å².